The van der Waals surface area contributed by atoms with Crippen molar-refractivity contribution in [1.82, 2.24) is 10.2 Å². The number of furan rings is 1. The van der Waals surface area contributed by atoms with Gasteiger partial charge in [-0.3, -0.25) is 9.59 Å². The van der Waals surface area contributed by atoms with Gasteiger partial charge in [0.05, 0.1) is 12.8 Å². The quantitative estimate of drug-likeness (QED) is 0.805. The molecule has 1 aliphatic heterocycles. The highest BCUT2D eigenvalue weighted by atomic mass is 16.3. The number of nitrogens with one attached hydrogen (secondary N) is 1. The third-order valence-corrected chi connectivity index (χ3v) is 3.09. The highest BCUT2D eigenvalue weighted by Crippen LogP contribution is 2.09. The summed E-state index contributed by atoms with van der Waals surface area (Å²) in [6, 6.07) is 3.51. The predicted molar refractivity (Wildman–Crippen MR) is 65.6 cm³/mol. The Balaban J connectivity index is 1.82. The van der Waals surface area contributed by atoms with E-state index in [4.69, 9.17) is 4.42 Å². The highest BCUT2D eigenvalue weighted by molar-refractivity contribution is 6.34. The SMILES string of the molecule is O=C(NCc1ccco1)C(=O)N1CCCCCC1. The number of hydrogen-bond acceptors (Lipinski definition) is 3. The molecule has 1 N–H and O–H groups in total. The molecule has 2 amide bonds. The lowest BCUT2D eigenvalue weighted by Crippen LogP contribution is -2.43. The normalized spacial score (nSPS) is 16.1. The van der Waals surface area contributed by atoms with Gasteiger partial charge in [0.25, 0.3) is 0 Å². The first kappa shape index (κ1) is 12.7. The van der Waals surface area contributed by atoms with Crippen LogP contribution in [0.4, 0.5) is 0 Å². The average molecular weight is 250 g/mol. The lowest BCUT2D eigenvalue weighted by atomic mass is 10.2. The summed E-state index contributed by atoms with van der Waals surface area (Å²) in [5.41, 5.74) is 0. The van der Waals surface area contributed by atoms with E-state index in [9.17, 15) is 9.59 Å². The smallest absolute Gasteiger partial charge is 0.311 e. The fourth-order valence-electron chi connectivity index (χ4n) is 2.07. The van der Waals surface area contributed by atoms with Crippen LogP contribution in [0.5, 0.6) is 0 Å². The van der Waals surface area contributed by atoms with E-state index in [0.29, 0.717) is 18.8 Å². The summed E-state index contributed by atoms with van der Waals surface area (Å²) in [6.07, 6.45) is 5.78. The minimum Gasteiger partial charge on any atom is -0.467 e. The van der Waals surface area contributed by atoms with Crippen molar-refractivity contribution >= 4 is 11.8 Å². The molecule has 0 saturated carbocycles. The van der Waals surface area contributed by atoms with E-state index in [1.54, 1.807) is 17.0 Å². The van der Waals surface area contributed by atoms with E-state index < -0.39 is 11.8 Å². The Morgan fingerprint density at radius 1 is 1.22 bits per heavy atom. The van der Waals surface area contributed by atoms with Gasteiger partial charge >= 0.3 is 11.8 Å². The maximum Gasteiger partial charge on any atom is 0.311 e. The number of carbonyl (C=O) groups excluding carboxylic acids is 2. The molecule has 1 aliphatic rings. The van der Waals surface area contributed by atoms with Crippen LogP contribution in [0.1, 0.15) is 31.4 Å². The zero-order valence-electron chi connectivity index (χ0n) is 10.4. The van der Waals surface area contributed by atoms with Gasteiger partial charge in [0.2, 0.25) is 0 Å². The van der Waals surface area contributed by atoms with Gasteiger partial charge in [0.15, 0.2) is 0 Å². The zero-order chi connectivity index (χ0) is 12.8. The van der Waals surface area contributed by atoms with Gasteiger partial charge in [-0.25, -0.2) is 0 Å². The Labute approximate surface area is 106 Å². The van der Waals surface area contributed by atoms with E-state index in [-0.39, 0.29) is 6.54 Å². The van der Waals surface area contributed by atoms with Crippen molar-refractivity contribution in [3.8, 4) is 0 Å². The van der Waals surface area contributed by atoms with Crippen LogP contribution in [0.3, 0.4) is 0 Å². The molecule has 0 unspecified atom stereocenters. The average Bonchev–Trinajstić information content (AvgIpc) is 2.75. The second-order valence-electron chi connectivity index (χ2n) is 4.47. The molecule has 0 aliphatic carbocycles. The molecule has 0 aromatic carbocycles. The van der Waals surface area contributed by atoms with Crippen LogP contribution in [0.2, 0.25) is 0 Å². The Bertz CT molecular complexity index is 392. The number of amides is 2. The Hall–Kier alpha value is -1.78. The molecule has 98 valence electrons. The molecule has 2 heterocycles. The van der Waals surface area contributed by atoms with Crippen molar-refractivity contribution in [2.24, 2.45) is 0 Å². The first-order chi connectivity index (χ1) is 8.77. The maximum absolute atomic E-state index is 11.9. The van der Waals surface area contributed by atoms with Crippen molar-refractivity contribution in [2.75, 3.05) is 13.1 Å². The summed E-state index contributed by atoms with van der Waals surface area (Å²) in [4.78, 5) is 25.2. The summed E-state index contributed by atoms with van der Waals surface area (Å²) in [5, 5.41) is 2.58. The summed E-state index contributed by atoms with van der Waals surface area (Å²) in [6.45, 7) is 1.63. The first-order valence-corrected chi connectivity index (χ1v) is 6.37. The van der Waals surface area contributed by atoms with Crippen LogP contribution in [0, 0.1) is 0 Å². The Morgan fingerprint density at radius 2 is 1.94 bits per heavy atom. The van der Waals surface area contributed by atoms with Crippen molar-refractivity contribution in [3.63, 3.8) is 0 Å². The first-order valence-electron chi connectivity index (χ1n) is 6.37. The lowest BCUT2D eigenvalue weighted by Gasteiger charge is -2.19. The fourth-order valence-corrected chi connectivity index (χ4v) is 2.07. The van der Waals surface area contributed by atoms with Crippen molar-refractivity contribution in [1.29, 1.82) is 0 Å². The van der Waals surface area contributed by atoms with Gasteiger partial charge in [0.1, 0.15) is 5.76 Å². The standard InChI is InChI=1S/C13H18N2O3/c16-12(14-10-11-6-5-9-18-11)13(17)15-7-3-1-2-4-8-15/h5-6,9H,1-4,7-8,10H2,(H,14,16). The molecule has 0 spiro atoms. The van der Waals surface area contributed by atoms with E-state index in [2.05, 4.69) is 5.32 Å². The van der Waals surface area contributed by atoms with E-state index in [0.717, 1.165) is 25.7 Å². The molecular weight excluding hydrogens is 232 g/mol. The molecule has 18 heavy (non-hydrogen) atoms. The third-order valence-electron chi connectivity index (χ3n) is 3.09. The molecule has 0 bridgehead atoms. The molecular formula is C13H18N2O3. The van der Waals surface area contributed by atoms with Gasteiger partial charge in [-0.2, -0.15) is 0 Å². The number of carbonyl (C=O) groups is 2. The lowest BCUT2D eigenvalue weighted by molar-refractivity contribution is -0.145. The Kier molecular flexibility index (Phi) is 4.39. The maximum atomic E-state index is 11.9. The van der Waals surface area contributed by atoms with Crippen molar-refractivity contribution in [3.05, 3.63) is 24.2 Å². The van der Waals surface area contributed by atoms with Crippen LogP contribution in [0.25, 0.3) is 0 Å². The second-order valence-corrected chi connectivity index (χ2v) is 4.47. The topological polar surface area (TPSA) is 62.6 Å². The highest BCUT2D eigenvalue weighted by Gasteiger charge is 2.22. The van der Waals surface area contributed by atoms with Gasteiger partial charge in [-0.1, -0.05) is 12.8 Å². The van der Waals surface area contributed by atoms with Crippen LogP contribution < -0.4 is 5.32 Å². The third kappa shape index (κ3) is 3.35. The van der Waals surface area contributed by atoms with Crippen molar-refractivity contribution in [2.45, 2.75) is 32.2 Å². The van der Waals surface area contributed by atoms with Crippen LogP contribution >= 0.6 is 0 Å². The molecule has 1 aromatic heterocycles. The summed E-state index contributed by atoms with van der Waals surface area (Å²) >= 11 is 0. The molecule has 0 atom stereocenters. The number of nitrogens with zero attached hydrogens (tertiary/aromatic N) is 1. The van der Waals surface area contributed by atoms with Gasteiger partial charge in [-0.05, 0) is 25.0 Å². The Morgan fingerprint density at radius 3 is 2.56 bits per heavy atom. The molecule has 0 radical (unpaired) electrons. The van der Waals surface area contributed by atoms with Crippen molar-refractivity contribution < 1.29 is 14.0 Å². The monoisotopic (exact) mass is 250 g/mol. The molecule has 1 fully saturated rings. The summed E-state index contributed by atoms with van der Waals surface area (Å²) in [5.74, 6) is -0.330. The fraction of sp³-hybridized carbons (Fsp3) is 0.538. The molecule has 5 nitrogen and oxygen atoms in total. The minimum atomic E-state index is -0.548. The van der Waals surface area contributed by atoms with Gasteiger partial charge in [-0.15, -0.1) is 0 Å². The van der Waals surface area contributed by atoms with Crippen LogP contribution in [-0.2, 0) is 16.1 Å². The summed E-state index contributed by atoms with van der Waals surface area (Å²) < 4.78 is 5.09. The molecule has 2 rings (SSSR count). The van der Waals surface area contributed by atoms with E-state index in [1.807, 2.05) is 0 Å². The number of hydrogen-bond donors (Lipinski definition) is 1. The second kappa shape index (κ2) is 6.23. The zero-order valence-corrected chi connectivity index (χ0v) is 10.4. The van der Waals surface area contributed by atoms with Crippen LogP contribution in [-0.4, -0.2) is 29.8 Å². The molecule has 5 heteroatoms. The molecule has 1 saturated heterocycles. The minimum absolute atomic E-state index is 0.255. The van der Waals surface area contributed by atoms with E-state index in [1.165, 1.54) is 6.26 Å². The number of rotatable bonds is 2. The predicted octanol–water partition coefficient (Wildman–Crippen LogP) is 1.30. The number of likely N-dealkylation sites (tertiary alicyclic amines) is 1. The van der Waals surface area contributed by atoms with Crippen LogP contribution in [0.15, 0.2) is 22.8 Å². The van der Waals surface area contributed by atoms with E-state index >= 15 is 0 Å². The molecule has 1 aromatic rings. The summed E-state index contributed by atoms with van der Waals surface area (Å²) in [7, 11) is 0. The largest absolute Gasteiger partial charge is 0.467 e. The van der Waals surface area contributed by atoms with Gasteiger partial charge in [0, 0.05) is 13.1 Å². The van der Waals surface area contributed by atoms with Gasteiger partial charge < -0.3 is 14.6 Å².